The molecular formula is C14H25NO5S. The summed E-state index contributed by atoms with van der Waals surface area (Å²) >= 11 is 0. The Balaban J connectivity index is 2.53. The molecule has 0 aliphatic heterocycles. The fourth-order valence-corrected chi connectivity index (χ4v) is 3.62. The first kappa shape index (κ1) is 18.1. The normalized spacial score (nSPS) is 23.8. The molecule has 0 aromatic carbocycles. The molecular weight excluding hydrogens is 294 g/mol. The van der Waals surface area contributed by atoms with Gasteiger partial charge in [0.15, 0.2) is 5.78 Å². The lowest BCUT2D eigenvalue weighted by Gasteiger charge is -2.18. The molecule has 21 heavy (non-hydrogen) atoms. The van der Waals surface area contributed by atoms with E-state index in [-0.39, 0.29) is 24.5 Å². The highest BCUT2D eigenvalue weighted by Crippen LogP contribution is 2.30. The average molecular weight is 319 g/mol. The van der Waals surface area contributed by atoms with Gasteiger partial charge in [0.1, 0.15) is 0 Å². The van der Waals surface area contributed by atoms with Gasteiger partial charge in [-0.2, -0.15) is 8.42 Å². The smallest absolute Gasteiger partial charge is 0.267 e. The number of unbranched alkanes of at least 4 members (excludes halogenated alkanes) is 2. The summed E-state index contributed by atoms with van der Waals surface area (Å²) in [5.74, 6) is -0.799. The van der Waals surface area contributed by atoms with Crippen molar-refractivity contribution >= 4 is 21.8 Å². The second kappa shape index (κ2) is 7.89. The first-order valence-corrected chi connectivity index (χ1v) is 9.03. The number of amides is 1. The third-order valence-corrected chi connectivity index (χ3v) is 5.35. The van der Waals surface area contributed by atoms with E-state index in [4.69, 9.17) is 4.55 Å². The lowest BCUT2D eigenvalue weighted by molar-refractivity contribution is -0.129. The lowest BCUT2D eigenvalue weighted by atomic mass is 10.0. The van der Waals surface area contributed by atoms with Crippen molar-refractivity contribution in [3.63, 3.8) is 0 Å². The SMILES string of the molecule is CCCCC[C@H](NC(=O)C1CCC(S(=O)(=O)O)C1)C(C)=O. The third-order valence-electron chi connectivity index (χ3n) is 4.08. The topological polar surface area (TPSA) is 101 Å². The van der Waals surface area contributed by atoms with Crippen molar-refractivity contribution in [2.24, 2.45) is 5.92 Å². The molecule has 0 saturated heterocycles. The zero-order valence-electron chi connectivity index (χ0n) is 12.7. The van der Waals surface area contributed by atoms with E-state index in [0.29, 0.717) is 12.8 Å². The molecule has 0 aromatic rings. The fourth-order valence-electron chi connectivity index (χ4n) is 2.71. The number of rotatable bonds is 8. The highest BCUT2D eigenvalue weighted by Gasteiger charge is 2.37. The molecule has 1 aliphatic rings. The van der Waals surface area contributed by atoms with Crippen molar-refractivity contribution in [2.45, 2.75) is 70.1 Å². The number of carbonyl (C=O) groups is 2. The van der Waals surface area contributed by atoms with Crippen molar-refractivity contribution in [3.8, 4) is 0 Å². The summed E-state index contributed by atoms with van der Waals surface area (Å²) in [6.07, 6.45) is 4.38. The lowest BCUT2D eigenvalue weighted by Crippen LogP contribution is -2.42. The molecule has 6 nitrogen and oxygen atoms in total. The van der Waals surface area contributed by atoms with Crippen molar-refractivity contribution in [3.05, 3.63) is 0 Å². The number of hydrogen-bond donors (Lipinski definition) is 2. The van der Waals surface area contributed by atoms with Crippen molar-refractivity contribution in [1.29, 1.82) is 0 Å². The largest absolute Gasteiger partial charge is 0.346 e. The van der Waals surface area contributed by atoms with Gasteiger partial charge in [-0.25, -0.2) is 0 Å². The quantitative estimate of drug-likeness (QED) is 0.524. The Kier molecular flexibility index (Phi) is 6.80. The summed E-state index contributed by atoms with van der Waals surface area (Å²) < 4.78 is 31.2. The van der Waals surface area contributed by atoms with Crippen LogP contribution in [0.25, 0.3) is 0 Å². The highest BCUT2D eigenvalue weighted by atomic mass is 32.2. The van der Waals surface area contributed by atoms with Gasteiger partial charge in [0, 0.05) is 5.92 Å². The maximum atomic E-state index is 12.1. The van der Waals surface area contributed by atoms with Crippen molar-refractivity contribution in [1.82, 2.24) is 5.32 Å². The van der Waals surface area contributed by atoms with Crippen LogP contribution in [-0.4, -0.2) is 36.0 Å². The van der Waals surface area contributed by atoms with Crippen LogP contribution in [0, 0.1) is 5.92 Å². The Hall–Kier alpha value is -0.950. The van der Waals surface area contributed by atoms with Crippen LogP contribution in [0.2, 0.25) is 0 Å². The summed E-state index contributed by atoms with van der Waals surface area (Å²) in [4.78, 5) is 23.7. The predicted octanol–water partition coefficient (Wildman–Crippen LogP) is 1.70. The van der Waals surface area contributed by atoms with Crippen LogP contribution in [-0.2, 0) is 19.7 Å². The molecule has 0 bridgehead atoms. The van der Waals surface area contributed by atoms with Gasteiger partial charge in [-0.3, -0.25) is 14.1 Å². The molecule has 7 heteroatoms. The van der Waals surface area contributed by atoms with E-state index in [9.17, 15) is 18.0 Å². The van der Waals surface area contributed by atoms with Gasteiger partial charge in [0.2, 0.25) is 5.91 Å². The monoisotopic (exact) mass is 319 g/mol. The Bertz CT molecular complexity index is 474. The van der Waals surface area contributed by atoms with Gasteiger partial charge in [-0.05, 0) is 32.6 Å². The summed E-state index contributed by atoms with van der Waals surface area (Å²) in [6, 6.07) is -0.492. The minimum Gasteiger partial charge on any atom is -0.346 e. The van der Waals surface area contributed by atoms with Crippen LogP contribution in [0.5, 0.6) is 0 Å². The Morgan fingerprint density at radius 3 is 2.43 bits per heavy atom. The molecule has 1 rings (SSSR count). The zero-order chi connectivity index (χ0) is 16.0. The molecule has 1 fully saturated rings. The summed E-state index contributed by atoms with van der Waals surface area (Å²) in [6.45, 7) is 3.52. The molecule has 1 saturated carbocycles. The molecule has 0 spiro atoms. The fraction of sp³-hybridized carbons (Fsp3) is 0.857. The zero-order valence-corrected chi connectivity index (χ0v) is 13.5. The molecule has 0 radical (unpaired) electrons. The number of carbonyl (C=O) groups excluding carboxylic acids is 2. The number of hydrogen-bond acceptors (Lipinski definition) is 4. The van der Waals surface area contributed by atoms with Gasteiger partial charge in [0.05, 0.1) is 11.3 Å². The Morgan fingerprint density at radius 1 is 1.29 bits per heavy atom. The molecule has 0 aromatic heterocycles. The average Bonchev–Trinajstić information content (AvgIpc) is 2.86. The second-order valence-corrected chi connectivity index (χ2v) is 7.51. The molecule has 122 valence electrons. The molecule has 1 amide bonds. The van der Waals surface area contributed by atoms with Crippen molar-refractivity contribution < 1.29 is 22.6 Å². The summed E-state index contributed by atoms with van der Waals surface area (Å²) in [5, 5.41) is 1.87. The van der Waals surface area contributed by atoms with E-state index < -0.39 is 27.3 Å². The highest BCUT2D eigenvalue weighted by molar-refractivity contribution is 7.86. The van der Waals surface area contributed by atoms with E-state index in [0.717, 1.165) is 19.3 Å². The van der Waals surface area contributed by atoms with Gasteiger partial charge in [0.25, 0.3) is 10.1 Å². The van der Waals surface area contributed by atoms with E-state index >= 15 is 0 Å². The molecule has 1 aliphatic carbocycles. The summed E-state index contributed by atoms with van der Waals surface area (Å²) in [7, 11) is -4.08. The predicted molar refractivity (Wildman–Crippen MR) is 79.4 cm³/mol. The minimum atomic E-state index is -4.08. The molecule has 2 unspecified atom stereocenters. The number of Topliss-reactive ketones (excluding diaryl/α,β-unsaturated/α-hetero) is 1. The van der Waals surface area contributed by atoms with Gasteiger partial charge in [-0.1, -0.05) is 26.2 Å². The van der Waals surface area contributed by atoms with Crippen LogP contribution >= 0.6 is 0 Å². The van der Waals surface area contributed by atoms with E-state index in [1.165, 1.54) is 6.92 Å². The van der Waals surface area contributed by atoms with Crippen LogP contribution in [0.15, 0.2) is 0 Å². The van der Waals surface area contributed by atoms with E-state index in [1.807, 2.05) is 0 Å². The number of nitrogens with one attached hydrogen (secondary N) is 1. The Morgan fingerprint density at radius 2 is 1.95 bits per heavy atom. The molecule has 3 atom stereocenters. The van der Waals surface area contributed by atoms with Gasteiger partial charge >= 0.3 is 0 Å². The summed E-state index contributed by atoms with van der Waals surface area (Å²) in [5.41, 5.74) is 0. The van der Waals surface area contributed by atoms with E-state index in [1.54, 1.807) is 0 Å². The maximum absolute atomic E-state index is 12.1. The number of ketones is 1. The first-order valence-electron chi connectivity index (χ1n) is 7.52. The standard InChI is InChI=1S/C14H25NO5S/c1-3-4-5-6-13(10(2)16)15-14(17)11-7-8-12(9-11)21(18,19)20/h11-13H,3-9H2,1-2H3,(H,15,17)(H,18,19,20)/t11?,12?,13-/m0/s1. The molecule has 2 N–H and O–H groups in total. The van der Waals surface area contributed by atoms with Crippen LogP contribution in [0.1, 0.15) is 58.8 Å². The van der Waals surface area contributed by atoms with Crippen LogP contribution in [0.3, 0.4) is 0 Å². The van der Waals surface area contributed by atoms with E-state index in [2.05, 4.69) is 12.2 Å². The third kappa shape index (κ3) is 5.74. The maximum Gasteiger partial charge on any atom is 0.267 e. The minimum absolute atomic E-state index is 0.0798. The second-order valence-electron chi connectivity index (χ2n) is 5.81. The van der Waals surface area contributed by atoms with Crippen LogP contribution < -0.4 is 5.32 Å². The molecule has 0 heterocycles. The van der Waals surface area contributed by atoms with Gasteiger partial charge in [-0.15, -0.1) is 0 Å². The van der Waals surface area contributed by atoms with Crippen molar-refractivity contribution in [2.75, 3.05) is 0 Å². The Labute approximate surface area is 126 Å². The van der Waals surface area contributed by atoms with Gasteiger partial charge < -0.3 is 5.32 Å². The van der Waals surface area contributed by atoms with Crippen LogP contribution in [0.4, 0.5) is 0 Å². The first-order chi connectivity index (χ1) is 9.75.